The van der Waals surface area contributed by atoms with Crippen molar-refractivity contribution in [2.45, 2.75) is 32.4 Å². The number of benzene rings is 1. The van der Waals surface area contributed by atoms with Crippen LogP contribution in [0, 0.1) is 18.3 Å². The number of allylic oxidation sites excluding steroid dienone is 1. The lowest BCUT2D eigenvalue weighted by Gasteiger charge is -2.07. The van der Waals surface area contributed by atoms with E-state index in [1.54, 1.807) is 0 Å². The Balaban J connectivity index is 2.51. The summed E-state index contributed by atoms with van der Waals surface area (Å²) in [5, 5.41) is 14.1. The lowest BCUT2D eigenvalue weighted by Crippen LogP contribution is -2.06. The third-order valence-electron chi connectivity index (χ3n) is 3.48. The third-order valence-corrected chi connectivity index (χ3v) is 5.60. The minimum atomic E-state index is -3.66. The summed E-state index contributed by atoms with van der Waals surface area (Å²) >= 11 is 1.42. The molecule has 0 amide bonds. The lowest BCUT2D eigenvalue weighted by atomic mass is 9.95. The van der Waals surface area contributed by atoms with Gasteiger partial charge in [-0.25, -0.2) is 0 Å². The van der Waals surface area contributed by atoms with Gasteiger partial charge in [0.15, 0.2) is 0 Å². The van der Waals surface area contributed by atoms with Crippen LogP contribution in [0.25, 0.3) is 5.57 Å². The van der Waals surface area contributed by atoms with Crippen molar-refractivity contribution >= 4 is 32.5 Å². The molecule has 2 rings (SSSR count). The fourth-order valence-corrected chi connectivity index (χ4v) is 3.63. The second kappa shape index (κ2) is 7.20. The summed E-state index contributed by atoms with van der Waals surface area (Å²) in [5.74, 6) is -0.147. The van der Waals surface area contributed by atoms with Gasteiger partial charge in [-0.2, -0.15) is 13.7 Å². The molecule has 0 radical (unpaired) electrons. The fraction of sp³-hybridized carbons (Fsp3) is 0.375. The van der Waals surface area contributed by atoms with Crippen LogP contribution in [0.15, 0.2) is 35.0 Å². The lowest BCUT2D eigenvalue weighted by molar-refractivity contribution is 0.341. The molecule has 0 aromatic heterocycles. The molecule has 1 atom stereocenters. The summed E-state index contributed by atoms with van der Waals surface area (Å²) in [7, 11) is -3.66. The Hall–Kier alpha value is -1.78. The van der Waals surface area contributed by atoms with E-state index < -0.39 is 10.1 Å². The molecule has 1 saturated heterocycles. The molecule has 0 spiro atoms. The summed E-state index contributed by atoms with van der Waals surface area (Å²) in [6.45, 7) is 5.44. The first kappa shape index (κ1) is 17.6. The first-order chi connectivity index (χ1) is 10.9. The van der Waals surface area contributed by atoms with E-state index in [0.29, 0.717) is 17.0 Å². The molecule has 5 nitrogen and oxygen atoms in total. The van der Waals surface area contributed by atoms with Crippen LogP contribution in [0.4, 0.5) is 0 Å². The largest absolute Gasteiger partial charge is 0.328 e. The van der Waals surface area contributed by atoms with Gasteiger partial charge in [-0.3, -0.25) is 4.28 Å². The quantitative estimate of drug-likeness (QED) is 0.613. The highest BCUT2D eigenvalue weighted by Gasteiger charge is 2.28. The molecule has 0 aliphatic carbocycles. The first-order valence-electron chi connectivity index (χ1n) is 7.23. The Morgan fingerprint density at radius 3 is 2.78 bits per heavy atom. The third kappa shape index (κ3) is 4.15. The molecule has 1 unspecified atom stereocenters. The van der Waals surface area contributed by atoms with Crippen molar-refractivity contribution in [3.63, 3.8) is 0 Å². The molecule has 23 heavy (non-hydrogen) atoms. The molecular formula is C16H18N2O3S2. The van der Waals surface area contributed by atoms with Crippen LogP contribution in [0.1, 0.15) is 31.4 Å². The molecule has 1 aliphatic heterocycles. The summed E-state index contributed by atoms with van der Waals surface area (Å²) in [5.41, 5.74) is 3.09. The van der Waals surface area contributed by atoms with E-state index in [0.717, 1.165) is 16.7 Å². The smallest absolute Gasteiger partial charge is 0.267 e. The Bertz CT molecular complexity index is 805. The van der Waals surface area contributed by atoms with E-state index in [-0.39, 0.29) is 11.0 Å². The number of hydrogen-bond acceptors (Lipinski definition) is 6. The molecule has 0 saturated carbocycles. The SMILES string of the molecule is CCS(=O)(=O)O/N=C1\SC(C)C\C1=C(\C#N)c1ccccc1C. The van der Waals surface area contributed by atoms with E-state index >= 15 is 0 Å². The maximum absolute atomic E-state index is 11.5. The topological polar surface area (TPSA) is 79.5 Å². The van der Waals surface area contributed by atoms with E-state index in [2.05, 4.69) is 11.2 Å². The number of nitrogens with zero attached hydrogens (tertiary/aromatic N) is 2. The van der Waals surface area contributed by atoms with Gasteiger partial charge in [0.05, 0.1) is 11.3 Å². The summed E-state index contributed by atoms with van der Waals surface area (Å²) in [6.07, 6.45) is 0.649. The molecule has 0 N–H and O–H groups in total. The van der Waals surface area contributed by atoms with Crippen molar-refractivity contribution in [1.29, 1.82) is 5.26 Å². The molecule has 7 heteroatoms. The van der Waals surface area contributed by atoms with Crippen LogP contribution < -0.4 is 0 Å². The van der Waals surface area contributed by atoms with Crippen molar-refractivity contribution < 1.29 is 12.7 Å². The zero-order valence-electron chi connectivity index (χ0n) is 13.2. The van der Waals surface area contributed by atoms with Crippen molar-refractivity contribution in [2.24, 2.45) is 5.16 Å². The Morgan fingerprint density at radius 2 is 2.17 bits per heavy atom. The van der Waals surface area contributed by atoms with Gasteiger partial charge in [0.25, 0.3) is 0 Å². The maximum Gasteiger partial charge on any atom is 0.328 e. The zero-order valence-corrected chi connectivity index (χ0v) is 14.9. The number of nitriles is 1. The number of rotatable bonds is 4. The minimum Gasteiger partial charge on any atom is -0.267 e. The van der Waals surface area contributed by atoms with Crippen LogP contribution in [-0.2, 0) is 14.4 Å². The molecule has 1 aliphatic rings. The van der Waals surface area contributed by atoms with Gasteiger partial charge >= 0.3 is 10.1 Å². The van der Waals surface area contributed by atoms with Crippen LogP contribution in [-0.4, -0.2) is 24.5 Å². The summed E-state index contributed by atoms with van der Waals surface area (Å²) in [6, 6.07) is 9.85. The molecular weight excluding hydrogens is 332 g/mol. The second-order valence-corrected chi connectivity index (χ2v) is 8.50. The minimum absolute atomic E-state index is 0.147. The van der Waals surface area contributed by atoms with Crippen molar-refractivity contribution in [2.75, 3.05) is 5.75 Å². The average Bonchev–Trinajstić information content (AvgIpc) is 2.89. The van der Waals surface area contributed by atoms with E-state index in [4.69, 9.17) is 4.28 Å². The number of oxime groups is 1. The monoisotopic (exact) mass is 350 g/mol. The maximum atomic E-state index is 11.5. The highest BCUT2D eigenvalue weighted by atomic mass is 32.2. The molecule has 1 fully saturated rings. The Morgan fingerprint density at radius 1 is 1.48 bits per heavy atom. The van der Waals surface area contributed by atoms with Gasteiger partial charge in [-0.15, -0.1) is 0 Å². The molecule has 0 bridgehead atoms. The van der Waals surface area contributed by atoms with Crippen LogP contribution >= 0.6 is 11.8 Å². The summed E-state index contributed by atoms with van der Waals surface area (Å²) < 4.78 is 27.7. The van der Waals surface area contributed by atoms with Gasteiger partial charge < -0.3 is 0 Å². The van der Waals surface area contributed by atoms with Crippen LogP contribution in [0.5, 0.6) is 0 Å². The van der Waals surface area contributed by atoms with Gasteiger partial charge in [-0.05, 0) is 31.4 Å². The van der Waals surface area contributed by atoms with Gasteiger partial charge in [-0.1, -0.05) is 48.1 Å². The molecule has 122 valence electrons. The Labute approximate surface area is 141 Å². The molecule has 1 heterocycles. The molecule has 1 aromatic rings. The number of aryl methyl sites for hydroxylation is 1. The van der Waals surface area contributed by atoms with Crippen LogP contribution in [0.2, 0.25) is 0 Å². The van der Waals surface area contributed by atoms with E-state index in [1.165, 1.54) is 18.7 Å². The van der Waals surface area contributed by atoms with E-state index in [1.807, 2.05) is 38.1 Å². The van der Waals surface area contributed by atoms with Crippen molar-refractivity contribution in [3.05, 3.63) is 41.0 Å². The normalized spacial score (nSPS) is 22.0. The van der Waals surface area contributed by atoms with Gasteiger partial charge in [0, 0.05) is 10.8 Å². The summed E-state index contributed by atoms with van der Waals surface area (Å²) in [4.78, 5) is 0. The zero-order chi connectivity index (χ0) is 17.0. The van der Waals surface area contributed by atoms with Gasteiger partial charge in [0.2, 0.25) is 0 Å². The highest BCUT2D eigenvalue weighted by molar-refractivity contribution is 8.15. The highest BCUT2D eigenvalue weighted by Crippen LogP contribution is 2.38. The fourth-order valence-electron chi connectivity index (χ4n) is 2.25. The number of hydrogen-bond donors (Lipinski definition) is 0. The van der Waals surface area contributed by atoms with Crippen molar-refractivity contribution in [3.8, 4) is 6.07 Å². The Kier molecular flexibility index (Phi) is 5.50. The first-order valence-corrected chi connectivity index (χ1v) is 9.69. The average molecular weight is 350 g/mol. The molecule has 1 aromatic carbocycles. The number of thioether (sulfide) groups is 1. The van der Waals surface area contributed by atoms with E-state index in [9.17, 15) is 13.7 Å². The van der Waals surface area contributed by atoms with Crippen molar-refractivity contribution in [1.82, 2.24) is 0 Å². The standard InChI is InChI=1S/C16H18N2O3S2/c1-4-23(19,20)21-18-16-14(9-12(3)22-16)15(10-17)13-8-6-5-7-11(13)2/h5-8,12H,4,9H2,1-3H3/b15-14+,18-16-. The van der Waals surface area contributed by atoms with Crippen LogP contribution in [0.3, 0.4) is 0 Å². The predicted molar refractivity (Wildman–Crippen MR) is 93.4 cm³/mol. The predicted octanol–water partition coefficient (Wildman–Crippen LogP) is 3.48. The second-order valence-electron chi connectivity index (χ2n) is 5.23. The van der Waals surface area contributed by atoms with Gasteiger partial charge in [0.1, 0.15) is 11.1 Å².